The van der Waals surface area contributed by atoms with Gasteiger partial charge in [0, 0.05) is 42.3 Å². The predicted octanol–water partition coefficient (Wildman–Crippen LogP) is 2.99. The van der Waals surface area contributed by atoms with Crippen LogP contribution in [0.1, 0.15) is 32.0 Å². The molecule has 0 fully saturated rings. The van der Waals surface area contributed by atoms with Crippen molar-refractivity contribution in [2.45, 2.75) is 13.1 Å². The molecule has 1 aromatic carbocycles. The topological polar surface area (TPSA) is 84.0 Å². The molecule has 2 aromatic heterocycles. The van der Waals surface area contributed by atoms with Crippen molar-refractivity contribution in [1.29, 1.82) is 0 Å². The second-order valence-corrected chi connectivity index (χ2v) is 6.21. The highest BCUT2D eigenvalue weighted by molar-refractivity contribution is 6.30. The molecule has 6 nitrogen and oxygen atoms in total. The first-order chi connectivity index (χ1) is 13.1. The standard InChI is InChI=1S/C20H17ClN4O2/c21-17-3-1-14(2-4-17)12-25-20(27)18-11-16(7-10-23-18)19(26)24-13-15-5-8-22-9-6-15/h1-11H,12-13H2,(H,24,26)(H,25,27). The van der Waals surface area contributed by atoms with Gasteiger partial charge in [0.1, 0.15) is 5.69 Å². The van der Waals surface area contributed by atoms with E-state index in [2.05, 4.69) is 20.6 Å². The van der Waals surface area contributed by atoms with Crippen molar-refractivity contribution in [3.8, 4) is 0 Å². The van der Waals surface area contributed by atoms with Crippen LogP contribution in [0.25, 0.3) is 0 Å². The van der Waals surface area contributed by atoms with Crippen molar-refractivity contribution in [3.63, 3.8) is 0 Å². The number of carbonyl (C=O) groups excluding carboxylic acids is 2. The van der Waals surface area contributed by atoms with E-state index in [1.807, 2.05) is 24.3 Å². The summed E-state index contributed by atoms with van der Waals surface area (Å²) in [6.45, 7) is 0.720. The minimum atomic E-state index is -0.353. The van der Waals surface area contributed by atoms with Gasteiger partial charge < -0.3 is 10.6 Å². The fraction of sp³-hybridized carbons (Fsp3) is 0.100. The van der Waals surface area contributed by atoms with Crippen molar-refractivity contribution in [2.24, 2.45) is 0 Å². The second kappa shape index (κ2) is 8.91. The third kappa shape index (κ3) is 5.36. The molecule has 0 aliphatic heterocycles. The van der Waals surface area contributed by atoms with E-state index in [1.54, 1.807) is 30.6 Å². The van der Waals surface area contributed by atoms with E-state index in [0.29, 0.717) is 23.7 Å². The Morgan fingerprint density at radius 2 is 1.44 bits per heavy atom. The fourth-order valence-electron chi connectivity index (χ4n) is 2.36. The first kappa shape index (κ1) is 18.5. The number of pyridine rings is 2. The Morgan fingerprint density at radius 3 is 2.15 bits per heavy atom. The highest BCUT2D eigenvalue weighted by Crippen LogP contribution is 2.09. The average molecular weight is 381 g/mol. The van der Waals surface area contributed by atoms with Crippen LogP contribution in [0, 0.1) is 0 Å². The van der Waals surface area contributed by atoms with Gasteiger partial charge in [-0.05, 0) is 47.5 Å². The lowest BCUT2D eigenvalue weighted by Gasteiger charge is -2.08. The van der Waals surface area contributed by atoms with Crippen LogP contribution in [0.2, 0.25) is 5.02 Å². The van der Waals surface area contributed by atoms with Crippen molar-refractivity contribution < 1.29 is 9.59 Å². The maximum absolute atomic E-state index is 12.3. The van der Waals surface area contributed by atoms with Gasteiger partial charge in [-0.1, -0.05) is 23.7 Å². The summed E-state index contributed by atoms with van der Waals surface area (Å²) >= 11 is 5.84. The van der Waals surface area contributed by atoms with Crippen LogP contribution >= 0.6 is 11.6 Å². The van der Waals surface area contributed by atoms with Crippen molar-refractivity contribution in [1.82, 2.24) is 20.6 Å². The summed E-state index contributed by atoms with van der Waals surface area (Å²) in [4.78, 5) is 32.6. The Kier molecular flexibility index (Phi) is 6.12. The van der Waals surface area contributed by atoms with Gasteiger partial charge in [0.15, 0.2) is 0 Å². The maximum Gasteiger partial charge on any atom is 0.270 e. The van der Waals surface area contributed by atoms with Gasteiger partial charge in [-0.25, -0.2) is 0 Å². The summed E-state index contributed by atoms with van der Waals surface area (Å²) in [6, 6.07) is 13.9. The van der Waals surface area contributed by atoms with E-state index >= 15 is 0 Å². The molecule has 0 spiro atoms. The predicted molar refractivity (Wildman–Crippen MR) is 102 cm³/mol. The van der Waals surface area contributed by atoms with Crippen LogP contribution in [0.4, 0.5) is 0 Å². The first-order valence-corrected chi connectivity index (χ1v) is 8.65. The second-order valence-electron chi connectivity index (χ2n) is 5.78. The third-order valence-corrected chi connectivity index (χ3v) is 4.08. The van der Waals surface area contributed by atoms with Gasteiger partial charge >= 0.3 is 0 Å². The smallest absolute Gasteiger partial charge is 0.270 e. The zero-order chi connectivity index (χ0) is 19.1. The molecular formula is C20H17ClN4O2. The molecule has 2 N–H and O–H groups in total. The third-order valence-electron chi connectivity index (χ3n) is 3.82. The van der Waals surface area contributed by atoms with Crippen LogP contribution < -0.4 is 10.6 Å². The van der Waals surface area contributed by atoms with Crippen molar-refractivity contribution in [3.05, 3.63) is 94.5 Å². The average Bonchev–Trinajstić information content (AvgIpc) is 2.72. The molecule has 0 aliphatic rings. The molecule has 136 valence electrons. The molecule has 27 heavy (non-hydrogen) atoms. The first-order valence-electron chi connectivity index (χ1n) is 8.27. The number of nitrogens with one attached hydrogen (secondary N) is 2. The highest BCUT2D eigenvalue weighted by atomic mass is 35.5. The zero-order valence-electron chi connectivity index (χ0n) is 14.4. The van der Waals surface area contributed by atoms with E-state index in [0.717, 1.165) is 11.1 Å². The van der Waals surface area contributed by atoms with E-state index in [4.69, 9.17) is 11.6 Å². The number of aromatic nitrogens is 2. The minimum absolute atomic E-state index is 0.181. The Bertz CT molecular complexity index is 930. The molecule has 0 bridgehead atoms. The number of nitrogens with zero attached hydrogens (tertiary/aromatic N) is 2. The van der Waals surface area contributed by atoms with Crippen molar-refractivity contribution >= 4 is 23.4 Å². The minimum Gasteiger partial charge on any atom is -0.348 e. The Balaban J connectivity index is 1.59. The lowest BCUT2D eigenvalue weighted by atomic mass is 10.2. The van der Waals surface area contributed by atoms with Gasteiger partial charge in [0.2, 0.25) is 0 Å². The zero-order valence-corrected chi connectivity index (χ0v) is 15.1. The molecule has 2 heterocycles. The number of carbonyl (C=O) groups is 2. The molecule has 0 saturated heterocycles. The maximum atomic E-state index is 12.3. The molecule has 0 unspecified atom stereocenters. The summed E-state index contributed by atoms with van der Waals surface area (Å²) < 4.78 is 0. The Labute approximate surface area is 161 Å². The highest BCUT2D eigenvalue weighted by Gasteiger charge is 2.11. The molecule has 2 amide bonds. The molecule has 3 aromatic rings. The molecule has 0 atom stereocenters. The number of halogens is 1. The van der Waals surface area contributed by atoms with E-state index in [9.17, 15) is 9.59 Å². The van der Waals surface area contributed by atoms with Crippen molar-refractivity contribution in [2.75, 3.05) is 0 Å². The summed E-state index contributed by atoms with van der Waals surface area (Å²) in [6.07, 6.45) is 4.77. The monoisotopic (exact) mass is 380 g/mol. The van der Waals surface area contributed by atoms with E-state index in [-0.39, 0.29) is 17.5 Å². The fourth-order valence-corrected chi connectivity index (χ4v) is 2.48. The number of benzene rings is 1. The summed E-state index contributed by atoms with van der Waals surface area (Å²) in [5.41, 5.74) is 2.41. The Hall–Kier alpha value is -3.25. The Morgan fingerprint density at radius 1 is 0.815 bits per heavy atom. The van der Waals surface area contributed by atoms with Gasteiger partial charge in [0.25, 0.3) is 11.8 Å². The quantitative estimate of drug-likeness (QED) is 0.688. The van der Waals surface area contributed by atoms with Crippen LogP contribution in [-0.2, 0) is 13.1 Å². The van der Waals surface area contributed by atoms with Crippen LogP contribution in [0.15, 0.2) is 67.1 Å². The van der Waals surface area contributed by atoms with Gasteiger partial charge in [-0.2, -0.15) is 0 Å². The van der Waals surface area contributed by atoms with Gasteiger partial charge in [0.05, 0.1) is 0 Å². The number of amides is 2. The summed E-state index contributed by atoms with van der Waals surface area (Å²) in [7, 11) is 0. The molecule has 7 heteroatoms. The number of hydrogen-bond acceptors (Lipinski definition) is 4. The lowest BCUT2D eigenvalue weighted by Crippen LogP contribution is -2.26. The summed E-state index contributed by atoms with van der Waals surface area (Å²) in [5.74, 6) is -0.630. The SMILES string of the molecule is O=C(NCc1ccncc1)c1ccnc(C(=O)NCc2ccc(Cl)cc2)c1. The van der Waals surface area contributed by atoms with Crippen LogP contribution in [0.5, 0.6) is 0 Å². The molecule has 0 radical (unpaired) electrons. The van der Waals surface area contributed by atoms with Gasteiger partial charge in [-0.3, -0.25) is 19.6 Å². The molecular weight excluding hydrogens is 364 g/mol. The number of rotatable bonds is 6. The molecule has 0 saturated carbocycles. The number of hydrogen-bond donors (Lipinski definition) is 2. The van der Waals surface area contributed by atoms with E-state index < -0.39 is 0 Å². The lowest BCUT2D eigenvalue weighted by molar-refractivity contribution is 0.0946. The largest absolute Gasteiger partial charge is 0.348 e. The van der Waals surface area contributed by atoms with Crippen LogP contribution in [-0.4, -0.2) is 21.8 Å². The van der Waals surface area contributed by atoms with E-state index in [1.165, 1.54) is 12.3 Å². The summed E-state index contributed by atoms with van der Waals surface area (Å²) in [5, 5.41) is 6.22. The normalized spacial score (nSPS) is 10.3. The molecule has 3 rings (SSSR count). The van der Waals surface area contributed by atoms with Gasteiger partial charge in [-0.15, -0.1) is 0 Å². The van der Waals surface area contributed by atoms with Crippen LogP contribution in [0.3, 0.4) is 0 Å². The molecule has 0 aliphatic carbocycles.